The van der Waals surface area contributed by atoms with Gasteiger partial charge in [-0.1, -0.05) is 37.7 Å². The summed E-state index contributed by atoms with van der Waals surface area (Å²) in [6.45, 7) is 7.88. The molecule has 0 spiro atoms. The first-order valence-electron chi connectivity index (χ1n) is 9.89. The number of aromatic nitrogens is 2. The fraction of sp³-hybridized carbons (Fsp3) is 0.571. The highest BCUT2D eigenvalue weighted by Gasteiger charge is 2.23. The van der Waals surface area contributed by atoms with Gasteiger partial charge in [-0.2, -0.15) is 0 Å². The summed E-state index contributed by atoms with van der Waals surface area (Å²) in [7, 11) is 0. The molecule has 0 saturated carbocycles. The molecule has 2 heterocycles. The van der Waals surface area contributed by atoms with Gasteiger partial charge in [0.05, 0.1) is 16.7 Å². The minimum atomic E-state index is -0.0115. The van der Waals surface area contributed by atoms with E-state index in [-0.39, 0.29) is 11.5 Å². The van der Waals surface area contributed by atoms with E-state index in [9.17, 15) is 9.59 Å². The van der Waals surface area contributed by atoms with Crippen molar-refractivity contribution in [2.75, 3.05) is 12.3 Å². The van der Waals surface area contributed by atoms with Gasteiger partial charge in [0.1, 0.15) is 0 Å². The third-order valence-electron chi connectivity index (χ3n) is 5.20. The number of carbonyl (C=O) groups excluding carboxylic acids is 1. The summed E-state index contributed by atoms with van der Waals surface area (Å²) in [4.78, 5) is 32.4. The highest BCUT2D eigenvalue weighted by Crippen LogP contribution is 2.22. The Balaban J connectivity index is 1.84. The van der Waals surface area contributed by atoms with Crippen molar-refractivity contribution in [3.63, 3.8) is 0 Å². The number of likely N-dealkylation sites (tertiary alicyclic amines) is 1. The van der Waals surface area contributed by atoms with Crippen molar-refractivity contribution >= 4 is 28.6 Å². The maximum Gasteiger partial charge on any atom is 0.262 e. The Morgan fingerprint density at radius 1 is 1.30 bits per heavy atom. The average Bonchev–Trinajstić information content (AvgIpc) is 2.65. The molecule has 1 aliphatic rings. The molecule has 0 radical (unpaired) electrons. The third-order valence-corrected chi connectivity index (χ3v) is 6.17. The largest absolute Gasteiger partial charge is 0.339 e. The molecule has 1 unspecified atom stereocenters. The molecule has 5 nitrogen and oxygen atoms in total. The Hall–Kier alpha value is -1.82. The second kappa shape index (κ2) is 8.91. The minimum Gasteiger partial charge on any atom is -0.339 e. The summed E-state index contributed by atoms with van der Waals surface area (Å²) < 4.78 is 1.75. The lowest BCUT2D eigenvalue weighted by Crippen LogP contribution is -2.43. The first-order valence-corrected chi connectivity index (χ1v) is 10.9. The van der Waals surface area contributed by atoms with Gasteiger partial charge in [0.2, 0.25) is 5.91 Å². The molecule has 1 atom stereocenters. The van der Waals surface area contributed by atoms with Gasteiger partial charge in [-0.15, -0.1) is 0 Å². The zero-order valence-corrected chi connectivity index (χ0v) is 17.3. The molecule has 1 amide bonds. The molecule has 146 valence electrons. The van der Waals surface area contributed by atoms with Gasteiger partial charge in [0.15, 0.2) is 5.16 Å². The lowest BCUT2D eigenvalue weighted by Gasteiger charge is -2.33. The Morgan fingerprint density at radius 3 is 2.81 bits per heavy atom. The van der Waals surface area contributed by atoms with Gasteiger partial charge in [-0.3, -0.25) is 14.2 Å². The lowest BCUT2D eigenvalue weighted by molar-refractivity contribution is -0.131. The number of hydrogen-bond donors (Lipinski definition) is 0. The summed E-state index contributed by atoms with van der Waals surface area (Å²) in [5.41, 5.74) is 0.687. The molecule has 0 bridgehead atoms. The number of hydrogen-bond acceptors (Lipinski definition) is 4. The summed E-state index contributed by atoms with van der Waals surface area (Å²) >= 11 is 1.39. The third kappa shape index (κ3) is 4.72. The standard InChI is InChI=1S/C21H29N3O2S/c1-15(2)11-13-24-20(26)17-9-4-5-10-18(17)22-21(24)27-14-19(25)23-12-7-6-8-16(23)3/h4-5,9-10,15-16H,6-8,11-14H2,1-3H3. The number of rotatable bonds is 6. The number of fused-ring (bicyclic) bond motifs is 1. The number of para-hydroxylation sites is 1. The van der Waals surface area contributed by atoms with Crippen LogP contribution in [0.5, 0.6) is 0 Å². The highest BCUT2D eigenvalue weighted by molar-refractivity contribution is 7.99. The molecule has 1 aromatic heterocycles. The summed E-state index contributed by atoms with van der Waals surface area (Å²) in [6.07, 6.45) is 4.25. The summed E-state index contributed by atoms with van der Waals surface area (Å²) in [6, 6.07) is 7.75. The van der Waals surface area contributed by atoms with E-state index in [2.05, 4.69) is 20.8 Å². The quantitative estimate of drug-likeness (QED) is 0.557. The summed E-state index contributed by atoms with van der Waals surface area (Å²) in [5.74, 6) is 0.971. The minimum absolute atomic E-state index is 0.0115. The van der Waals surface area contributed by atoms with E-state index in [1.54, 1.807) is 4.57 Å². The van der Waals surface area contributed by atoms with Crippen molar-refractivity contribution in [2.24, 2.45) is 5.92 Å². The van der Waals surface area contributed by atoms with Crippen LogP contribution in [0.1, 0.15) is 46.5 Å². The number of piperidine rings is 1. The first-order chi connectivity index (χ1) is 13.0. The van der Waals surface area contributed by atoms with E-state index >= 15 is 0 Å². The molecule has 0 aliphatic carbocycles. The number of thioether (sulfide) groups is 1. The van der Waals surface area contributed by atoms with Crippen LogP contribution in [0.25, 0.3) is 10.9 Å². The maximum absolute atomic E-state index is 13.0. The normalized spacial score (nSPS) is 17.6. The van der Waals surface area contributed by atoms with Crippen molar-refractivity contribution in [1.29, 1.82) is 0 Å². The zero-order valence-electron chi connectivity index (χ0n) is 16.5. The maximum atomic E-state index is 13.0. The fourth-order valence-electron chi connectivity index (χ4n) is 3.52. The van der Waals surface area contributed by atoms with E-state index < -0.39 is 0 Å². The first kappa shape index (κ1) is 19.9. The Bertz CT molecular complexity index is 862. The van der Waals surface area contributed by atoms with Crippen LogP contribution in [0, 0.1) is 5.92 Å². The van der Waals surface area contributed by atoms with E-state index in [0.717, 1.165) is 25.8 Å². The van der Waals surface area contributed by atoms with Crippen molar-refractivity contribution in [3.05, 3.63) is 34.6 Å². The van der Waals surface area contributed by atoms with Crippen LogP contribution in [-0.4, -0.2) is 38.7 Å². The molecule has 1 saturated heterocycles. The monoisotopic (exact) mass is 387 g/mol. The molecule has 1 fully saturated rings. The van der Waals surface area contributed by atoms with Crippen LogP contribution in [0.4, 0.5) is 0 Å². The molecule has 2 aromatic rings. The number of amides is 1. The number of nitrogens with zero attached hydrogens (tertiary/aromatic N) is 3. The van der Waals surface area contributed by atoms with Crippen molar-refractivity contribution in [1.82, 2.24) is 14.5 Å². The second-order valence-corrected chi connectivity index (χ2v) is 8.71. The highest BCUT2D eigenvalue weighted by atomic mass is 32.2. The Labute approximate surface area is 165 Å². The van der Waals surface area contributed by atoms with Crippen LogP contribution < -0.4 is 5.56 Å². The van der Waals surface area contributed by atoms with Gasteiger partial charge in [0, 0.05) is 19.1 Å². The van der Waals surface area contributed by atoms with Gasteiger partial charge >= 0.3 is 0 Å². The lowest BCUT2D eigenvalue weighted by atomic mass is 10.0. The van der Waals surface area contributed by atoms with E-state index in [1.165, 1.54) is 18.2 Å². The van der Waals surface area contributed by atoms with Crippen molar-refractivity contribution in [3.8, 4) is 0 Å². The Kier molecular flexibility index (Phi) is 6.58. The number of carbonyl (C=O) groups is 1. The topological polar surface area (TPSA) is 55.2 Å². The van der Waals surface area contributed by atoms with E-state index in [1.807, 2.05) is 29.2 Å². The van der Waals surface area contributed by atoms with Crippen LogP contribution >= 0.6 is 11.8 Å². The SMILES string of the molecule is CC(C)CCn1c(SCC(=O)N2CCCCC2C)nc2ccccc2c1=O. The van der Waals surface area contributed by atoms with Gasteiger partial charge in [-0.25, -0.2) is 4.98 Å². The Morgan fingerprint density at radius 2 is 2.07 bits per heavy atom. The molecule has 3 rings (SSSR count). The van der Waals surface area contributed by atoms with Crippen LogP contribution in [0.3, 0.4) is 0 Å². The zero-order chi connectivity index (χ0) is 19.4. The predicted molar refractivity (Wildman–Crippen MR) is 111 cm³/mol. The molecule has 1 aromatic carbocycles. The van der Waals surface area contributed by atoms with Crippen LogP contribution in [0.15, 0.2) is 34.2 Å². The molecule has 27 heavy (non-hydrogen) atoms. The van der Waals surface area contributed by atoms with Crippen molar-refractivity contribution in [2.45, 2.75) is 64.2 Å². The molecular weight excluding hydrogens is 358 g/mol. The van der Waals surface area contributed by atoms with E-state index in [4.69, 9.17) is 4.98 Å². The van der Waals surface area contributed by atoms with Crippen LogP contribution in [-0.2, 0) is 11.3 Å². The van der Waals surface area contributed by atoms with Gasteiger partial charge < -0.3 is 4.90 Å². The fourth-order valence-corrected chi connectivity index (χ4v) is 4.43. The van der Waals surface area contributed by atoms with Crippen molar-refractivity contribution < 1.29 is 4.79 Å². The van der Waals surface area contributed by atoms with Gasteiger partial charge in [-0.05, 0) is 50.7 Å². The number of benzene rings is 1. The van der Waals surface area contributed by atoms with Gasteiger partial charge in [0.25, 0.3) is 5.56 Å². The molecule has 0 N–H and O–H groups in total. The van der Waals surface area contributed by atoms with E-state index in [0.29, 0.717) is 40.3 Å². The molecule has 6 heteroatoms. The summed E-state index contributed by atoms with van der Waals surface area (Å²) in [5, 5.41) is 1.29. The average molecular weight is 388 g/mol. The molecule has 1 aliphatic heterocycles. The van der Waals surface area contributed by atoms with Crippen LogP contribution in [0.2, 0.25) is 0 Å². The smallest absolute Gasteiger partial charge is 0.262 e. The second-order valence-electron chi connectivity index (χ2n) is 7.77. The predicted octanol–water partition coefficient (Wildman–Crippen LogP) is 3.94. The molecular formula is C21H29N3O2S.